The van der Waals surface area contributed by atoms with Crippen molar-refractivity contribution < 1.29 is 18.0 Å². The van der Waals surface area contributed by atoms with Crippen molar-refractivity contribution in [1.29, 1.82) is 0 Å². The summed E-state index contributed by atoms with van der Waals surface area (Å²) in [5.41, 5.74) is 0.229. The summed E-state index contributed by atoms with van der Waals surface area (Å²) in [6, 6.07) is 11.5. The van der Waals surface area contributed by atoms with E-state index in [1.807, 2.05) is 49.3 Å². The van der Waals surface area contributed by atoms with Gasteiger partial charge in [0.05, 0.1) is 11.3 Å². The van der Waals surface area contributed by atoms with E-state index < -0.39 is 11.9 Å². The quantitative estimate of drug-likeness (QED) is 0.785. The van der Waals surface area contributed by atoms with Crippen LogP contribution >= 0.6 is 0 Å². The zero-order chi connectivity index (χ0) is 19.3. The predicted octanol–water partition coefficient (Wildman–Crippen LogP) is 3.61. The monoisotopic (exact) mass is 365 g/mol. The van der Waals surface area contributed by atoms with Crippen LogP contribution in [0, 0.1) is 6.92 Å². The van der Waals surface area contributed by atoms with Gasteiger partial charge in [-0.25, -0.2) is 4.98 Å². The Bertz CT molecular complexity index is 745. The van der Waals surface area contributed by atoms with Crippen molar-refractivity contribution in [2.24, 2.45) is 0 Å². The number of carbonyl (C=O) groups is 1. The molecule has 1 amide bonds. The molecule has 2 aromatic rings. The summed E-state index contributed by atoms with van der Waals surface area (Å²) in [4.78, 5) is 20.1. The van der Waals surface area contributed by atoms with Crippen LogP contribution in [0.15, 0.2) is 42.5 Å². The molecule has 0 atom stereocenters. The molecule has 0 aliphatic heterocycles. The summed E-state index contributed by atoms with van der Waals surface area (Å²) in [5, 5.41) is 0. The lowest BCUT2D eigenvalue weighted by Crippen LogP contribution is -2.36. The lowest BCUT2D eigenvalue weighted by Gasteiger charge is -2.25. The number of aromatic nitrogens is 1. The van der Waals surface area contributed by atoms with Crippen LogP contribution in [0.5, 0.6) is 0 Å². The van der Waals surface area contributed by atoms with E-state index >= 15 is 0 Å². The highest BCUT2D eigenvalue weighted by Gasteiger charge is 2.33. The number of rotatable bonds is 6. The second kappa shape index (κ2) is 8.31. The average molecular weight is 365 g/mol. The Hall–Kier alpha value is -2.41. The maximum atomic E-state index is 12.9. The number of nitrogens with zero attached hydrogens (tertiary/aromatic N) is 3. The van der Waals surface area contributed by atoms with Gasteiger partial charge in [-0.05, 0) is 38.7 Å². The van der Waals surface area contributed by atoms with Gasteiger partial charge < -0.3 is 9.80 Å². The second-order valence-electron chi connectivity index (χ2n) is 6.34. The molecule has 4 nitrogen and oxygen atoms in total. The van der Waals surface area contributed by atoms with E-state index in [0.29, 0.717) is 19.6 Å². The second-order valence-corrected chi connectivity index (χ2v) is 6.34. The van der Waals surface area contributed by atoms with E-state index in [1.165, 1.54) is 13.0 Å². The van der Waals surface area contributed by atoms with E-state index in [0.717, 1.165) is 11.6 Å². The maximum absolute atomic E-state index is 12.9. The standard InChI is InChI=1S/C19H22F3N3O/c1-14-16(9-10-17(23-14)19(20,21)22)18(26)25(12-11-24(2)3)13-15-7-5-4-6-8-15/h4-10H,11-13H2,1-3H3. The molecule has 2 rings (SSSR count). The molecular weight excluding hydrogens is 343 g/mol. The molecule has 0 unspecified atom stereocenters. The highest BCUT2D eigenvalue weighted by Crippen LogP contribution is 2.28. The van der Waals surface area contributed by atoms with Crippen molar-refractivity contribution in [2.75, 3.05) is 27.2 Å². The number of alkyl halides is 3. The third-order valence-electron chi connectivity index (χ3n) is 3.93. The summed E-state index contributed by atoms with van der Waals surface area (Å²) in [7, 11) is 3.80. The zero-order valence-corrected chi connectivity index (χ0v) is 15.0. The van der Waals surface area contributed by atoms with Crippen LogP contribution in [0.2, 0.25) is 0 Å². The fourth-order valence-corrected chi connectivity index (χ4v) is 2.49. The molecule has 0 radical (unpaired) electrons. The number of carbonyl (C=O) groups excluding carboxylic acids is 1. The van der Waals surface area contributed by atoms with Gasteiger partial charge in [-0.3, -0.25) is 4.79 Å². The Kier molecular flexibility index (Phi) is 6.37. The van der Waals surface area contributed by atoms with Crippen LogP contribution in [-0.4, -0.2) is 47.9 Å². The van der Waals surface area contributed by atoms with E-state index in [9.17, 15) is 18.0 Å². The van der Waals surface area contributed by atoms with Crippen molar-refractivity contribution in [3.05, 3.63) is 65.0 Å². The highest BCUT2D eigenvalue weighted by atomic mass is 19.4. The first-order chi connectivity index (χ1) is 12.2. The summed E-state index contributed by atoms with van der Waals surface area (Å²) in [5.74, 6) is -0.325. The molecule has 0 saturated carbocycles. The molecule has 26 heavy (non-hydrogen) atoms. The van der Waals surface area contributed by atoms with Crippen LogP contribution in [-0.2, 0) is 12.7 Å². The SMILES string of the molecule is Cc1nc(C(F)(F)F)ccc1C(=O)N(CCN(C)C)Cc1ccccc1. The van der Waals surface area contributed by atoms with Crippen molar-refractivity contribution >= 4 is 5.91 Å². The van der Waals surface area contributed by atoms with E-state index in [2.05, 4.69) is 4.98 Å². The van der Waals surface area contributed by atoms with Gasteiger partial charge in [0, 0.05) is 19.6 Å². The summed E-state index contributed by atoms with van der Waals surface area (Å²) in [6.45, 7) is 2.91. The molecule has 1 heterocycles. The fraction of sp³-hybridized carbons (Fsp3) is 0.368. The summed E-state index contributed by atoms with van der Waals surface area (Å²) >= 11 is 0. The van der Waals surface area contributed by atoms with Gasteiger partial charge in [-0.2, -0.15) is 13.2 Å². The van der Waals surface area contributed by atoms with Crippen LogP contribution in [0.25, 0.3) is 0 Å². The third-order valence-corrected chi connectivity index (χ3v) is 3.93. The Labute approximate surface area is 151 Å². The highest BCUT2D eigenvalue weighted by molar-refractivity contribution is 5.95. The Morgan fingerprint density at radius 3 is 2.23 bits per heavy atom. The number of pyridine rings is 1. The van der Waals surface area contributed by atoms with Gasteiger partial charge >= 0.3 is 6.18 Å². The number of likely N-dealkylation sites (N-methyl/N-ethyl adjacent to an activating group) is 1. The van der Waals surface area contributed by atoms with E-state index in [-0.39, 0.29) is 17.2 Å². The number of halogens is 3. The van der Waals surface area contributed by atoms with Gasteiger partial charge in [0.2, 0.25) is 0 Å². The lowest BCUT2D eigenvalue weighted by molar-refractivity contribution is -0.141. The number of benzene rings is 1. The molecule has 7 heteroatoms. The van der Waals surface area contributed by atoms with Crippen molar-refractivity contribution in [1.82, 2.24) is 14.8 Å². The fourth-order valence-electron chi connectivity index (χ4n) is 2.49. The first kappa shape index (κ1) is 19.9. The molecule has 0 saturated heterocycles. The van der Waals surface area contributed by atoms with E-state index in [4.69, 9.17) is 0 Å². The average Bonchev–Trinajstić information content (AvgIpc) is 2.58. The molecule has 0 aliphatic rings. The predicted molar refractivity (Wildman–Crippen MR) is 93.7 cm³/mol. The lowest BCUT2D eigenvalue weighted by atomic mass is 10.1. The molecule has 0 bridgehead atoms. The first-order valence-electron chi connectivity index (χ1n) is 8.21. The molecule has 140 valence electrons. The van der Waals surface area contributed by atoms with Gasteiger partial charge in [-0.15, -0.1) is 0 Å². The van der Waals surface area contributed by atoms with Crippen LogP contribution < -0.4 is 0 Å². The van der Waals surface area contributed by atoms with Crippen molar-refractivity contribution in [2.45, 2.75) is 19.6 Å². The minimum absolute atomic E-state index is 0.0766. The van der Waals surface area contributed by atoms with E-state index in [1.54, 1.807) is 4.90 Å². The maximum Gasteiger partial charge on any atom is 0.433 e. The molecule has 0 N–H and O–H groups in total. The van der Waals surface area contributed by atoms with Gasteiger partial charge in [-0.1, -0.05) is 30.3 Å². The molecule has 1 aromatic heterocycles. The smallest absolute Gasteiger partial charge is 0.333 e. The van der Waals surface area contributed by atoms with Gasteiger partial charge in [0.1, 0.15) is 5.69 Å². The normalized spacial score (nSPS) is 11.7. The summed E-state index contributed by atoms with van der Waals surface area (Å²) < 4.78 is 38.4. The Morgan fingerprint density at radius 1 is 1.04 bits per heavy atom. The molecule has 0 spiro atoms. The van der Waals surface area contributed by atoms with Crippen LogP contribution in [0.4, 0.5) is 13.2 Å². The summed E-state index contributed by atoms with van der Waals surface area (Å²) in [6.07, 6.45) is -4.53. The van der Waals surface area contributed by atoms with Crippen LogP contribution in [0.3, 0.4) is 0 Å². The first-order valence-corrected chi connectivity index (χ1v) is 8.21. The molecular formula is C19H22F3N3O. The zero-order valence-electron chi connectivity index (χ0n) is 15.0. The van der Waals surface area contributed by atoms with Crippen molar-refractivity contribution in [3.8, 4) is 0 Å². The van der Waals surface area contributed by atoms with Gasteiger partial charge in [0.15, 0.2) is 0 Å². The molecule has 0 fully saturated rings. The number of hydrogen-bond donors (Lipinski definition) is 0. The third kappa shape index (κ3) is 5.29. The number of hydrogen-bond acceptors (Lipinski definition) is 3. The van der Waals surface area contributed by atoms with Crippen molar-refractivity contribution in [3.63, 3.8) is 0 Å². The minimum atomic E-state index is -4.53. The largest absolute Gasteiger partial charge is 0.433 e. The topological polar surface area (TPSA) is 36.4 Å². The van der Waals surface area contributed by atoms with Crippen LogP contribution in [0.1, 0.15) is 27.3 Å². The minimum Gasteiger partial charge on any atom is -0.333 e. The Balaban J connectivity index is 2.27. The molecule has 1 aromatic carbocycles. The number of aryl methyl sites for hydroxylation is 1. The van der Waals surface area contributed by atoms with Gasteiger partial charge in [0.25, 0.3) is 5.91 Å². The molecule has 0 aliphatic carbocycles. The number of amides is 1. The Morgan fingerprint density at radius 2 is 1.69 bits per heavy atom.